The molecule has 4 rings (SSSR count). The molecule has 2 amide bonds. The minimum Gasteiger partial charge on any atom is -0.397 e. The molecule has 5 nitrogen and oxygen atoms in total. The minimum absolute atomic E-state index is 0.0974. The number of benzene rings is 3. The molecule has 0 aliphatic heterocycles. The number of nitrogens with two attached hydrogens (primary N) is 1. The number of hydrogen-bond acceptors (Lipinski definition) is 3. The second-order valence-electron chi connectivity index (χ2n) is 8.46. The normalized spacial score (nSPS) is 14.0. The number of anilines is 2. The van der Waals surface area contributed by atoms with Crippen LogP contribution < -0.4 is 16.4 Å². The van der Waals surface area contributed by atoms with Gasteiger partial charge in [-0.15, -0.1) is 0 Å². The molecule has 8 heteroatoms. The molecule has 0 heterocycles. The quantitative estimate of drug-likeness (QED) is 0.223. The van der Waals surface area contributed by atoms with E-state index in [1.165, 1.54) is 18.2 Å². The van der Waals surface area contributed by atoms with Crippen LogP contribution in [0.25, 0.3) is 17.7 Å². The lowest BCUT2D eigenvalue weighted by atomic mass is 10.00. The van der Waals surface area contributed by atoms with Crippen molar-refractivity contribution in [2.75, 3.05) is 11.1 Å². The molecule has 1 saturated carbocycles. The lowest BCUT2D eigenvalue weighted by Crippen LogP contribution is -2.26. The lowest BCUT2D eigenvalue weighted by Gasteiger charge is -2.11. The Bertz CT molecular complexity index is 1310. The molecule has 0 saturated heterocycles. The molecule has 36 heavy (non-hydrogen) atoms. The molecule has 1 aliphatic rings. The zero-order valence-electron chi connectivity index (χ0n) is 19.2. The third-order valence-corrected chi connectivity index (χ3v) is 5.57. The molecule has 0 spiro atoms. The van der Waals surface area contributed by atoms with Crippen LogP contribution in [0.4, 0.5) is 24.5 Å². The molecule has 184 valence electrons. The monoisotopic (exact) mass is 491 g/mol. The van der Waals surface area contributed by atoms with Crippen molar-refractivity contribution in [1.29, 1.82) is 0 Å². The fourth-order valence-electron chi connectivity index (χ4n) is 3.44. The maximum atomic E-state index is 13.0. The van der Waals surface area contributed by atoms with Crippen LogP contribution in [0.1, 0.15) is 35.1 Å². The third-order valence-electron chi connectivity index (χ3n) is 5.57. The van der Waals surface area contributed by atoms with Crippen LogP contribution >= 0.6 is 0 Å². The van der Waals surface area contributed by atoms with Crippen LogP contribution in [0, 0.1) is 0 Å². The number of nitrogens with one attached hydrogen (secondary N) is 2. The molecule has 0 atom stereocenters. The van der Waals surface area contributed by atoms with Crippen LogP contribution in [-0.2, 0) is 15.8 Å². The van der Waals surface area contributed by atoms with E-state index in [-0.39, 0.29) is 23.4 Å². The van der Waals surface area contributed by atoms with Gasteiger partial charge >= 0.3 is 6.18 Å². The average molecular weight is 492 g/mol. The Morgan fingerprint density at radius 1 is 0.889 bits per heavy atom. The number of halogens is 3. The summed E-state index contributed by atoms with van der Waals surface area (Å²) in [6.07, 6.45) is 1.98. The van der Waals surface area contributed by atoms with Crippen molar-refractivity contribution >= 4 is 40.9 Å². The third kappa shape index (κ3) is 6.63. The van der Waals surface area contributed by atoms with Gasteiger partial charge in [-0.05, 0) is 65.9 Å². The lowest BCUT2D eigenvalue weighted by molar-refractivity contribution is -0.137. The SMILES string of the molecule is Nc1ccccc1NC(=O)C=Cc1ccc(C=C(C(=O)NC2CC2)c2ccc(C(F)(F)F)cc2)cc1. The zero-order chi connectivity index (χ0) is 25.7. The maximum absolute atomic E-state index is 13.0. The van der Waals surface area contributed by atoms with Gasteiger partial charge in [-0.25, -0.2) is 0 Å². The van der Waals surface area contributed by atoms with Crippen LogP contribution in [0.5, 0.6) is 0 Å². The van der Waals surface area contributed by atoms with Gasteiger partial charge in [0.1, 0.15) is 0 Å². The fourth-order valence-corrected chi connectivity index (χ4v) is 3.44. The van der Waals surface area contributed by atoms with E-state index in [0.29, 0.717) is 22.5 Å². The highest BCUT2D eigenvalue weighted by Crippen LogP contribution is 2.31. The van der Waals surface area contributed by atoms with Crippen molar-refractivity contribution in [3.8, 4) is 0 Å². The highest BCUT2D eigenvalue weighted by molar-refractivity contribution is 6.24. The number of carbonyl (C=O) groups excluding carboxylic acids is 2. The summed E-state index contributed by atoms with van der Waals surface area (Å²) < 4.78 is 38.9. The van der Waals surface area contributed by atoms with E-state index in [9.17, 15) is 22.8 Å². The zero-order valence-corrected chi connectivity index (χ0v) is 19.2. The van der Waals surface area contributed by atoms with Gasteiger partial charge in [0.2, 0.25) is 5.91 Å². The molecule has 1 fully saturated rings. The molecule has 0 unspecified atom stereocenters. The Kier molecular flexibility index (Phi) is 7.24. The summed E-state index contributed by atoms with van der Waals surface area (Å²) in [5.74, 6) is -0.670. The largest absolute Gasteiger partial charge is 0.416 e. The van der Waals surface area contributed by atoms with Gasteiger partial charge in [0.25, 0.3) is 5.91 Å². The predicted octanol–water partition coefficient (Wildman–Crippen LogP) is 5.76. The van der Waals surface area contributed by atoms with Gasteiger partial charge < -0.3 is 16.4 Å². The van der Waals surface area contributed by atoms with Crippen molar-refractivity contribution in [1.82, 2.24) is 5.32 Å². The van der Waals surface area contributed by atoms with E-state index in [4.69, 9.17) is 5.73 Å². The molecule has 0 aromatic heterocycles. The Morgan fingerprint density at radius 2 is 1.53 bits per heavy atom. The predicted molar refractivity (Wildman–Crippen MR) is 135 cm³/mol. The Balaban J connectivity index is 1.50. The highest BCUT2D eigenvalue weighted by atomic mass is 19.4. The van der Waals surface area contributed by atoms with Crippen molar-refractivity contribution < 1.29 is 22.8 Å². The number of rotatable bonds is 7. The molecule has 0 radical (unpaired) electrons. The van der Waals surface area contributed by atoms with Crippen molar-refractivity contribution in [2.24, 2.45) is 0 Å². The van der Waals surface area contributed by atoms with E-state index in [1.807, 2.05) is 0 Å². The summed E-state index contributed by atoms with van der Waals surface area (Å²) in [6.45, 7) is 0. The van der Waals surface area contributed by atoms with Crippen LogP contribution in [0.3, 0.4) is 0 Å². The molecule has 0 bridgehead atoms. The maximum Gasteiger partial charge on any atom is 0.416 e. The number of para-hydroxylation sites is 2. The van der Waals surface area contributed by atoms with Gasteiger partial charge in [0.15, 0.2) is 0 Å². The molecule has 3 aromatic rings. The first-order valence-electron chi connectivity index (χ1n) is 11.3. The molecule has 3 aromatic carbocycles. The average Bonchev–Trinajstić information content (AvgIpc) is 3.67. The number of alkyl halides is 3. The second-order valence-corrected chi connectivity index (χ2v) is 8.46. The number of hydrogen-bond donors (Lipinski definition) is 3. The minimum atomic E-state index is -4.45. The van der Waals surface area contributed by atoms with Gasteiger partial charge in [-0.3, -0.25) is 9.59 Å². The van der Waals surface area contributed by atoms with Crippen LogP contribution in [0.2, 0.25) is 0 Å². The van der Waals surface area contributed by atoms with E-state index >= 15 is 0 Å². The van der Waals surface area contributed by atoms with Crippen LogP contribution in [0.15, 0.2) is 78.9 Å². The molecule has 1 aliphatic carbocycles. The Labute approximate surface area is 206 Å². The summed E-state index contributed by atoms with van der Waals surface area (Å²) in [5, 5.41) is 5.60. The van der Waals surface area contributed by atoms with Gasteiger partial charge in [-0.2, -0.15) is 13.2 Å². The Hall–Kier alpha value is -4.33. The first-order valence-corrected chi connectivity index (χ1v) is 11.3. The van der Waals surface area contributed by atoms with Crippen molar-refractivity contribution in [3.63, 3.8) is 0 Å². The topological polar surface area (TPSA) is 84.2 Å². The van der Waals surface area contributed by atoms with Gasteiger partial charge in [0.05, 0.1) is 16.9 Å². The van der Waals surface area contributed by atoms with Crippen molar-refractivity contribution in [2.45, 2.75) is 25.1 Å². The second kappa shape index (κ2) is 10.5. The first-order chi connectivity index (χ1) is 17.2. The summed E-state index contributed by atoms with van der Waals surface area (Å²) >= 11 is 0. The standard InChI is InChI=1S/C28H24F3N3O2/c29-28(30,31)21-12-10-20(11-13-21)23(27(36)33-22-14-15-22)17-19-7-5-18(6-8-19)9-16-26(35)34-25-4-2-1-3-24(25)32/h1-13,16-17,22H,14-15,32H2,(H,33,36)(H,34,35). The summed E-state index contributed by atoms with van der Waals surface area (Å²) in [5.41, 5.74) is 8.15. The van der Waals surface area contributed by atoms with E-state index < -0.39 is 11.7 Å². The molecule has 4 N–H and O–H groups in total. The summed E-state index contributed by atoms with van der Waals surface area (Å²) in [4.78, 5) is 25.0. The first kappa shape index (κ1) is 24.8. The summed E-state index contributed by atoms with van der Waals surface area (Å²) in [7, 11) is 0. The van der Waals surface area contributed by atoms with E-state index in [2.05, 4.69) is 10.6 Å². The molecular weight excluding hydrogens is 467 g/mol. The van der Waals surface area contributed by atoms with Crippen LogP contribution in [-0.4, -0.2) is 17.9 Å². The number of carbonyl (C=O) groups is 2. The number of amides is 2. The van der Waals surface area contributed by atoms with Gasteiger partial charge in [-0.1, -0.05) is 48.5 Å². The van der Waals surface area contributed by atoms with Crippen molar-refractivity contribution in [3.05, 3.63) is 101 Å². The van der Waals surface area contributed by atoms with Gasteiger partial charge in [0, 0.05) is 17.7 Å². The molecular formula is C28H24F3N3O2. The fraction of sp³-hybridized carbons (Fsp3) is 0.143. The number of nitrogen functional groups attached to an aromatic ring is 1. The smallest absolute Gasteiger partial charge is 0.397 e. The highest BCUT2D eigenvalue weighted by Gasteiger charge is 2.30. The summed E-state index contributed by atoms with van der Waals surface area (Å²) in [6, 6.07) is 18.7. The van der Waals surface area contributed by atoms with E-state index in [1.54, 1.807) is 60.7 Å². The van der Waals surface area contributed by atoms with E-state index in [0.717, 1.165) is 30.5 Å². The Morgan fingerprint density at radius 3 is 2.14 bits per heavy atom.